The van der Waals surface area contributed by atoms with Crippen LogP contribution in [0.4, 0.5) is 0 Å². The van der Waals surface area contributed by atoms with Gasteiger partial charge in [0.2, 0.25) is 0 Å². The second kappa shape index (κ2) is 6.14. The van der Waals surface area contributed by atoms with E-state index in [1.54, 1.807) is 26.4 Å². The van der Waals surface area contributed by atoms with E-state index in [0.717, 1.165) is 18.7 Å². The van der Waals surface area contributed by atoms with Crippen molar-refractivity contribution in [2.45, 2.75) is 19.1 Å². The zero-order valence-corrected chi connectivity index (χ0v) is 13.2. The van der Waals surface area contributed by atoms with Crippen molar-refractivity contribution in [2.24, 2.45) is 0 Å². The standard InChI is InChI=1S/C16H22N2O4/c1-10-13(20-2)6-11(7-14(10)21-3)16(19)18-4-5-22-15-9-17-8-12(15)18/h6-7,12,15,17H,4-5,8-9H2,1-3H3/t12-,15+/m1/s1. The molecule has 2 heterocycles. The highest BCUT2D eigenvalue weighted by Crippen LogP contribution is 2.31. The molecule has 1 aromatic rings. The summed E-state index contributed by atoms with van der Waals surface area (Å²) in [6.45, 7) is 4.68. The van der Waals surface area contributed by atoms with Crippen LogP contribution in [-0.4, -0.2) is 63.4 Å². The molecule has 0 aromatic heterocycles. The van der Waals surface area contributed by atoms with Crippen LogP contribution in [-0.2, 0) is 4.74 Å². The van der Waals surface area contributed by atoms with Crippen LogP contribution in [0.1, 0.15) is 15.9 Å². The van der Waals surface area contributed by atoms with Gasteiger partial charge in [0.25, 0.3) is 5.91 Å². The molecule has 0 radical (unpaired) electrons. The van der Waals surface area contributed by atoms with Crippen LogP contribution < -0.4 is 14.8 Å². The minimum Gasteiger partial charge on any atom is -0.496 e. The van der Waals surface area contributed by atoms with Gasteiger partial charge < -0.3 is 24.4 Å². The number of carbonyl (C=O) groups is 1. The molecule has 3 rings (SSSR count). The second-order valence-corrected chi connectivity index (χ2v) is 5.64. The van der Waals surface area contributed by atoms with Crippen molar-refractivity contribution in [2.75, 3.05) is 40.5 Å². The highest BCUT2D eigenvalue weighted by molar-refractivity contribution is 5.95. The molecular weight excluding hydrogens is 284 g/mol. The molecule has 1 amide bonds. The van der Waals surface area contributed by atoms with Crippen LogP contribution in [0.15, 0.2) is 12.1 Å². The van der Waals surface area contributed by atoms with Crippen molar-refractivity contribution >= 4 is 5.91 Å². The predicted octanol–water partition coefficient (Wildman–Crippen LogP) is 0.825. The number of fused-ring (bicyclic) bond motifs is 1. The van der Waals surface area contributed by atoms with Gasteiger partial charge in [-0.1, -0.05) is 0 Å². The Labute approximate surface area is 130 Å². The van der Waals surface area contributed by atoms with Crippen molar-refractivity contribution in [1.82, 2.24) is 10.2 Å². The number of amides is 1. The van der Waals surface area contributed by atoms with Crippen molar-refractivity contribution in [1.29, 1.82) is 0 Å². The minimum atomic E-state index is -0.00130. The first kappa shape index (κ1) is 15.1. The second-order valence-electron chi connectivity index (χ2n) is 5.64. The van der Waals surface area contributed by atoms with Gasteiger partial charge in [-0.2, -0.15) is 0 Å². The van der Waals surface area contributed by atoms with E-state index >= 15 is 0 Å². The number of hydrogen-bond acceptors (Lipinski definition) is 5. The van der Waals surface area contributed by atoms with E-state index in [2.05, 4.69) is 5.32 Å². The summed E-state index contributed by atoms with van der Waals surface area (Å²) in [6.07, 6.45) is 0.0898. The summed E-state index contributed by atoms with van der Waals surface area (Å²) in [4.78, 5) is 14.8. The Morgan fingerprint density at radius 3 is 2.59 bits per heavy atom. The van der Waals surface area contributed by atoms with Crippen LogP contribution in [0.25, 0.3) is 0 Å². The van der Waals surface area contributed by atoms with Gasteiger partial charge in [-0.25, -0.2) is 0 Å². The summed E-state index contributed by atoms with van der Waals surface area (Å²) >= 11 is 0. The maximum Gasteiger partial charge on any atom is 0.254 e. The van der Waals surface area contributed by atoms with Gasteiger partial charge in [-0.15, -0.1) is 0 Å². The van der Waals surface area contributed by atoms with Gasteiger partial charge >= 0.3 is 0 Å². The first-order chi connectivity index (χ1) is 10.7. The summed E-state index contributed by atoms with van der Waals surface area (Å²) in [7, 11) is 3.20. The van der Waals surface area contributed by atoms with Gasteiger partial charge in [0, 0.05) is 30.8 Å². The zero-order valence-electron chi connectivity index (χ0n) is 13.2. The average molecular weight is 306 g/mol. The molecule has 6 nitrogen and oxygen atoms in total. The Morgan fingerprint density at radius 2 is 1.95 bits per heavy atom. The molecule has 0 spiro atoms. The highest BCUT2D eigenvalue weighted by Gasteiger charge is 2.38. The summed E-state index contributed by atoms with van der Waals surface area (Å²) in [5.74, 6) is 1.33. The molecule has 120 valence electrons. The summed E-state index contributed by atoms with van der Waals surface area (Å²) in [6, 6.07) is 3.67. The lowest BCUT2D eigenvalue weighted by atomic mass is 10.1. The van der Waals surface area contributed by atoms with Crippen LogP contribution in [0.2, 0.25) is 0 Å². The lowest BCUT2D eigenvalue weighted by Crippen LogP contribution is -2.53. The van der Waals surface area contributed by atoms with E-state index in [-0.39, 0.29) is 18.1 Å². The zero-order chi connectivity index (χ0) is 15.7. The van der Waals surface area contributed by atoms with Crippen molar-refractivity contribution in [3.05, 3.63) is 23.3 Å². The number of benzene rings is 1. The van der Waals surface area contributed by atoms with Gasteiger partial charge in [-0.05, 0) is 19.1 Å². The molecule has 0 unspecified atom stereocenters. The normalized spacial score (nSPS) is 24.0. The largest absolute Gasteiger partial charge is 0.496 e. The lowest BCUT2D eigenvalue weighted by Gasteiger charge is -2.37. The molecule has 2 aliphatic heterocycles. The number of carbonyl (C=O) groups excluding carboxylic acids is 1. The molecule has 1 aromatic carbocycles. The molecular formula is C16H22N2O4. The Kier molecular flexibility index (Phi) is 4.22. The van der Waals surface area contributed by atoms with Crippen LogP contribution in [0.3, 0.4) is 0 Å². The number of nitrogens with zero attached hydrogens (tertiary/aromatic N) is 1. The van der Waals surface area contributed by atoms with Crippen LogP contribution in [0, 0.1) is 6.92 Å². The Bertz CT molecular complexity index is 550. The third-order valence-corrected chi connectivity index (χ3v) is 4.45. The SMILES string of the molecule is COc1cc(C(=O)N2CCO[C@H]3CNC[C@H]32)cc(OC)c1C. The van der Waals surface area contributed by atoms with E-state index in [1.807, 2.05) is 11.8 Å². The third kappa shape index (κ3) is 2.53. The lowest BCUT2D eigenvalue weighted by molar-refractivity contribution is -0.0364. The molecule has 6 heteroatoms. The molecule has 2 fully saturated rings. The maximum atomic E-state index is 12.9. The Balaban J connectivity index is 1.91. The van der Waals surface area contributed by atoms with Crippen LogP contribution >= 0.6 is 0 Å². The van der Waals surface area contributed by atoms with Gasteiger partial charge in [-0.3, -0.25) is 4.79 Å². The molecule has 22 heavy (non-hydrogen) atoms. The van der Waals surface area contributed by atoms with Crippen molar-refractivity contribution in [3.8, 4) is 11.5 Å². The average Bonchev–Trinajstić information content (AvgIpc) is 3.03. The summed E-state index contributed by atoms with van der Waals surface area (Å²) < 4.78 is 16.5. The molecule has 0 aliphatic carbocycles. The Morgan fingerprint density at radius 1 is 1.27 bits per heavy atom. The quantitative estimate of drug-likeness (QED) is 0.896. The number of nitrogens with one attached hydrogen (secondary N) is 1. The van der Waals surface area contributed by atoms with E-state index < -0.39 is 0 Å². The first-order valence-electron chi connectivity index (χ1n) is 7.51. The van der Waals surface area contributed by atoms with E-state index in [9.17, 15) is 4.79 Å². The Hall–Kier alpha value is -1.79. The summed E-state index contributed by atoms with van der Waals surface area (Å²) in [5, 5.41) is 3.29. The minimum absolute atomic E-state index is 0.00130. The third-order valence-electron chi connectivity index (χ3n) is 4.45. The fourth-order valence-electron chi connectivity index (χ4n) is 3.22. The van der Waals surface area contributed by atoms with Crippen molar-refractivity contribution < 1.29 is 19.0 Å². The predicted molar refractivity (Wildman–Crippen MR) is 81.7 cm³/mol. The van der Waals surface area contributed by atoms with Crippen molar-refractivity contribution in [3.63, 3.8) is 0 Å². The monoisotopic (exact) mass is 306 g/mol. The topological polar surface area (TPSA) is 60.0 Å². The van der Waals surface area contributed by atoms with Crippen LogP contribution in [0.5, 0.6) is 11.5 Å². The van der Waals surface area contributed by atoms with E-state index in [1.165, 1.54) is 0 Å². The molecule has 1 N–H and O–H groups in total. The smallest absolute Gasteiger partial charge is 0.254 e. The molecule has 0 bridgehead atoms. The molecule has 2 aliphatic rings. The molecule has 2 saturated heterocycles. The molecule has 2 atom stereocenters. The van der Waals surface area contributed by atoms with E-state index in [0.29, 0.717) is 30.2 Å². The summed E-state index contributed by atoms with van der Waals surface area (Å²) in [5.41, 5.74) is 1.48. The number of methoxy groups -OCH3 is 2. The number of ether oxygens (including phenoxy) is 3. The fourth-order valence-corrected chi connectivity index (χ4v) is 3.22. The number of morpholine rings is 1. The van der Waals surface area contributed by atoms with Gasteiger partial charge in [0.05, 0.1) is 33.0 Å². The highest BCUT2D eigenvalue weighted by atomic mass is 16.5. The van der Waals surface area contributed by atoms with E-state index in [4.69, 9.17) is 14.2 Å². The fraction of sp³-hybridized carbons (Fsp3) is 0.562. The molecule has 0 saturated carbocycles. The number of rotatable bonds is 3. The van der Waals surface area contributed by atoms with Gasteiger partial charge in [0.15, 0.2) is 0 Å². The maximum absolute atomic E-state index is 12.9. The first-order valence-corrected chi connectivity index (χ1v) is 7.51. The van der Waals surface area contributed by atoms with Gasteiger partial charge in [0.1, 0.15) is 11.5 Å². The number of hydrogen-bond donors (Lipinski definition) is 1.